The summed E-state index contributed by atoms with van der Waals surface area (Å²) in [4.78, 5) is 0. The average Bonchev–Trinajstić information content (AvgIpc) is 2.18. The number of benzene rings is 1. The number of halogens is 7. The predicted molar refractivity (Wildman–Crippen MR) is 59.2 cm³/mol. The van der Waals surface area contributed by atoms with Crippen LogP contribution in [0.1, 0.15) is 5.56 Å². The van der Waals surface area contributed by atoms with Crippen LogP contribution in [0, 0.1) is 0 Å². The molecule has 0 amide bonds. The Kier molecular flexibility index (Phi) is 4.85. The second-order valence-corrected chi connectivity index (χ2v) is 7.59. The smallest absolute Gasteiger partial charge is 0.425 e. The van der Waals surface area contributed by atoms with E-state index in [0.29, 0.717) is 0 Å². The van der Waals surface area contributed by atoms with Crippen LogP contribution in [0.15, 0.2) is 24.3 Å². The molecule has 0 aliphatic carbocycles. The molecule has 0 N–H and O–H groups in total. The van der Waals surface area contributed by atoms with E-state index in [1.54, 1.807) is 0 Å². The maximum atomic E-state index is 12.7. The third-order valence-corrected chi connectivity index (χ3v) is 3.31. The van der Waals surface area contributed by atoms with Gasteiger partial charge in [-0.05, 0) is 17.7 Å². The molecule has 0 aliphatic heterocycles. The first-order valence-corrected chi connectivity index (χ1v) is 8.25. The summed E-state index contributed by atoms with van der Waals surface area (Å²) in [5.41, 5.74) is 0.111. The number of hydrogen-bond donors (Lipinski definition) is 0. The zero-order chi connectivity index (χ0) is 14.0. The van der Waals surface area contributed by atoms with Gasteiger partial charge in [0.2, 0.25) is 0 Å². The Labute approximate surface area is 110 Å². The van der Waals surface area contributed by atoms with E-state index in [1.807, 2.05) is 0 Å². The lowest BCUT2D eigenvalue weighted by Crippen LogP contribution is -2.42. The van der Waals surface area contributed by atoms with Crippen molar-refractivity contribution in [2.45, 2.75) is 18.3 Å². The lowest BCUT2D eigenvalue weighted by molar-refractivity contribution is -0.360. The molecule has 1 nitrogen and oxygen atoms in total. The van der Waals surface area contributed by atoms with E-state index < -0.39 is 25.5 Å². The minimum atomic E-state index is -5.78. The van der Waals surface area contributed by atoms with Gasteiger partial charge in [0.1, 0.15) is 5.75 Å². The lowest BCUT2D eigenvalue weighted by atomic mass is 10.2. The van der Waals surface area contributed by atoms with Gasteiger partial charge < -0.3 is 4.74 Å². The monoisotopic (exact) mass is 323 g/mol. The van der Waals surface area contributed by atoms with Gasteiger partial charge in [0.15, 0.2) is 0 Å². The van der Waals surface area contributed by atoms with Gasteiger partial charge in [0, 0.05) is 0 Å². The Morgan fingerprint density at radius 2 is 1.61 bits per heavy atom. The van der Waals surface area contributed by atoms with Crippen molar-refractivity contribution in [3.05, 3.63) is 29.8 Å². The van der Waals surface area contributed by atoms with Crippen LogP contribution >= 0.6 is 22.2 Å². The molecule has 18 heavy (non-hydrogen) atoms. The van der Waals surface area contributed by atoms with E-state index in [0.717, 1.165) is 6.07 Å². The van der Waals surface area contributed by atoms with Gasteiger partial charge in [0.05, 0.1) is 0 Å². The standard InChI is InChI=1S/C9H6Cl2F5OSi/c10-18(11)5-6-3-1-2-4-7(6)17-9(15,16)8(12,13)14/h1-4H,5H2. The van der Waals surface area contributed by atoms with Gasteiger partial charge in [-0.15, -0.1) is 22.2 Å². The van der Waals surface area contributed by atoms with Crippen LogP contribution in [0.5, 0.6) is 5.75 Å². The zero-order valence-corrected chi connectivity index (χ0v) is 11.1. The first kappa shape index (κ1) is 15.5. The first-order chi connectivity index (χ1) is 8.13. The van der Waals surface area contributed by atoms with Gasteiger partial charge in [-0.3, -0.25) is 0 Å². The molecule has 1 aromatic carbocycles. The molecule has 0 fully saturated rings. The van der Waals surface area contributed by atoms with E-state index >= 15 is 0 Å². The highest BCUT2D eigenvalue weighted by molar-refractivity contribution is 7.33. The van der Waals surface area contributed by atoms with Crippen molar-refractivity contribution in [2.24, 2.45) is 0 Å². The maximum absolute atomic E-state index is 12.7. The van der Waals surface area contributed by atoms with Gasteiger partial charge in [0.25, 0.3) is 7.42 Å². The second-order valence-electron chi connectivity index (χ2n) is 3.24. The summed E-state index contributed by atoms with van der Waals surface area (Å²) in [6, 6.07) is 5.08. The van der Waals surface area contributed by atoms with E-state index in [4.69, 9.17) is 22.2 Å². The van der Waals surface area contributed by atoms with Crippen LogP contribution in [0.4, 0.5) is 22.0 Å². The normalized spacial score (nSPS) is 12.9. The summed E-state index contributed by atoms with van der Waals surface area (Å²) in [7, 11) is -1.86. The minimum absolute atomic E-state index is 0.00209. The lowest BCUT2D eigenvalue weighted by Gasteiger charge is -2.21. The average molecular weight is 324 g/mol. The third-order valence-electron chi connectivity index (χ3n) is 1.86. The molecule has 1 aromatic rings. The molecular weight excluding hydrogens is 318 g/mol. The van der Waals surface area contributed by atoms with Crippen LogP contribution in [-0.4, -0.2) is 19.7 Å². The maximum Gasteiger partial charge on any atom is 0.499 e. The highest BCUT2D eigenvalue weighted by atomic mass is 35.7. The molecule has 0 spiro atoms. The van der Waals surface area contributed by atoms with Crippen molar-refractivity contribution in [2.75, 3.05) is 0 Å². The van der Waals surface area contributed by atoms with E-state index in [2.05, 4.69) is 4.74 Å². The largest absolute Gasteiger partial charge is 0.499 e. The van der Waals surface area contributed by atoms with E-state index in [-0.39, 0.29) is 11.6 Å². The quantitative estimate of drug-likeness (QED) is 0.457. The summed E-state index contributed by atoms with van der Waals surface area (Å²) in [5.74, 6) is -0.580. The molecule has 0 aliphatic rings. The van der Waals surface area contributed by atoms with Crippen molar-refractivity contribution in [1.82, 2.24) is 0 Å². The van der Waals surface area contributed by atoms with Crippen molar-refractivity contribution in [3.8, 4) is 5.75 Å². The Morgan fingerprint density at radius 3 is 2.11 bits per heavy atom. The SMILES string of the molecule is FC(F)(F)C(F)(F)Oc1ccccc1C[Si](Cl)Cl. The molecule has 1 radical (unpaired) electrons. The fraction of sp³-hybridized carbons (Fsp3) is 0.333. The summed E-state index contributed by atoms with van der Waals surface area (Å²) >= 11 is 11.1. The van der Waals surface area contributed by atoms with Gasteiger partial charge in [-0.2, -0.15) is 22.0 Å². The highest BCUT2D eigenvalue weighted by Gasteiger charge is 2.61. The minimum Gasteiger partial charge on any atom is -0.425 e. The number of rotatable bonds is 4. The van der Waals surface area contributed by atoms with E-state index in [1.165, 1.54) is 18.2 Å². The summed E-state index contributed by atoms with van der Waals surface area (Å²) in [6.45, 7) is 0. The van der Waals surface area contributed by atoms with Gasteiger partial charge >= 0.3 is 12.3 Å². The van der Waals surface area contributed by atoms with Crippen LogP contribution in [0.25, 0.3) is 0 Å². The third kappa shape index (κ3) is 3.99. The number of alkyl halides is 5. The molecule has 0 unspecified atom stereocenters. The summed E-state index contributed by atoms with van der Waals surface area (Å²) in [5, 5.41) is 0. The fourth-order valence-electron chi connectivity index (χ4n) is 1.09. The molecular formula is C9H6Cl2F5OSi. The Hall–Kier alpha value is -0.533. The van der Waals surface area contributed by atoms with E-state index in [9.17, 15) is 22.0 Å². The Balaban J connectivity index is 2.97. The van der Waals surface area contributed by atoms with Crippen LogP contribution in [0.3, 0.4) is 0 Å². The molecule has 0 saturated heterocycles. The summed E-state index contributed by atoms with van der Waals surface area (Å²) in [6.07, 6.45) is -11.0. The fourth-order valence-corrected chi connectivity index (χ4v) is 2.53. The van der Waals surface area contributed by atoms with Gasteiger partial charge in [-0.1, -0.05) is 18.2 Å². The Bertz CT molecular complexity index is 410. The second kappa shape index (κ2) is 5.62. The highest BCUT2D eigenvalue weighted by Crippen LogP contribution is 2.38. The van der Waals surface area contributed by atoms with Crippen LogP contribution in [0.2, 0.25) is 0 Å². The zero-order valence-electron chi connectivity index (χ0n) is 8.57. The predicted octanol–water partition coefficient (Wildman–Crippen LogP) is 4.27. The number of ether oxygens (including phenoxy) is 1. The molecule has 0 aromatic heterocycles. The Morgan fingerprint density at radius 1 is 1.06 bits per heavy atom. The van der Waals surface area contributed by atoms with Crippen LogP contribution < -0.4 is 4.74 Å². The molecule has 0 bridgehead atoms. The molecule has 101 valence electrons. The molecule has 0 atom stereocenters. The van der Waals surface area contributed by atoms with Crippen molar-refractivity contribution < 1.29 is 26.7 Å². The number of para-hydroxylation sites is 1. The van der Waals surface area contributed by atoms with Crippen molar-refractivity contribution in [3.63, 3.8) is 0 Å². The van der Waals surface area contributed by atoms with Crippen LogP contribution in [-0.2, 0) is 6.04 Å². The van der Waals surface area contributed by atoms with Crippen molar-refractivity contribution in [1.29, 1.82) is 0 Å². The summed E-state index contributed by atoms with van der Waals surface area (Å²) < 4.78 is 65.2. The molecule has 1 rings (SSSR count). The first-order valence-electron chi connectivity index (χ1n) is 4.52. The topological polar surface area (TPSA) is 9.23 Å². The molecule has 0 saturated carbocycles. The number of hydrogen-bond acceptors (Lipinski definition) is 1. The van der Waals surface area contributed by atoms with Gasteiger partial charge in [-0.25, -0.2) is 0 Å². The van der Waals surface area contributed by atoms with Crippen molar-refractivity contribution >= 4 is 29.6 Å². The molecule has 9 heteroatoms. The molecule has 0 heterocycles.